The van der Waals surface area contributed by atoms with Gasteiger partial charge < -0.3 is 15.8 Å². The van der Waals surface area contributed by atoms with E-state index in [1.807, 2.05) is 25.1 Å². The van der Waals surface area contributed by atoms with Crippen molar-refractivity contribution in [3.05, 3.63) is 52.0 Å². The molecule has 1 amide bonds. The van der Waals surface area contributed by atoms with Gasteiger partial charge >= 0.3 is 0 Å². The maximum atomic E-state index is 12.3. The van der Waals surface area contributed by atoms with Gasteiger partial charge in [0.25, 0.3) is 5.91 Å². The molecule has 2 aromatic carbocycles. The highest BCUT2D eigenvalue weighted by Crippen LogP contribution is 2.27. The van der Waals surface area contributed by atoms with Crippen LogP contribution in [0.2, 0.25) is 0 Å². The molecule has 2 aromatic rings. The number of nitrogen functional groups attached to an aromatic ring is 1. The normalized spacial score (nSPS) is 10.2. The highest BCUT2D eigenvalue weighted by atomic mass is 79.9. The van der Waals surface area contributed by atoms with E-state index in [-0.39, 0.29) is 5.91 Å². The highest BCUT2D eigenvalue weighted by molar-refractivity contribution is 9.10. The van der Waals surface area contributed by atoms with E-state index < -0.39 is 0 Å². The summed E-state index contributed by atoms with van der Waals surface area (Å²) in [5.74, 6) is 0.138. The summed E-state index contributed by atoms with van der Waals surface area (Å²) >= 11 is 3.39. The minimum Gasteiger partial charge on any atom is -0.494 e. The highest BCUT2D eigenvalue weighted by Gasteiger charge is 2.15. The first-order valence-electron chi connectivity index (χ1n) is 6.03. The molecule has 0 atom stereocenters. The summed E-state index contributed by atoms with van der Waals surface area (Å²) in [5.41, 5.74) is 8.37. The molecule has 0 aliphatic heterocycles. The van der Waals surface area contributed by atoms with Gasteiger partial charge in [-0.25, -0.2) is 0 Å². The zero-order valence-electron chi connectivity index (χ0n) is 11.2. The van der Waals surface area contributed by atoms with E-state index in [1.54, 1.807) is 18.2 Å². The molecule has 20 heavy (non-hydrogen) atoms. The molecular weight excluding hydrogens is 320 g/mol. The first kappa shape index (κ1) is 14.4. The molecule has 3 N–H and O–H groups in total. The molecule has 0 bridgehead atoms. The van der Waals surface area contributed by atoms with Gasteiger partial charge in [0.15, 0.2) is 5.75 Å². The molecule has 0 saturated heterocycles. The van der Waals surface area contributed by atoms with Crippen molar-refractivity contribution in [3.8, 4) is 5.75 Å². The predicted molar refractivity (Wildman–Crippen MR) is 84.2 cm³/mol. The molecule has 0 aliphatic carbocycles. The van der Waals surface area contributed by atoms with Gasteiger partial charge in [0.1, 0.15) is 0 Å². The molecule has 0 unspecified atom stereocenters. The van der Waals surface area contributed by atoms with Gasteiger partial charge in [-0.3, -0.25) is 4.79 Å². The van der Waals surface area contributed by atoms with E-state index in [9.17, 15) is 4.79 Å². The van der Waals surface area contributed by atoms with Crippen molar-refractivity contribution in [3.63, 3.8) is 0 Å². The van der Waals surface area contributed by atoms with Crippen LogP contribution in [0.25, 0.3) is 0 Å². The van der Waals surface area contributed by atoms with Crippen LogP contribution in [0.5, 0.6) is 5.75 Å². The fourth-order valence-electron chi connectivity index (χ4n) is 1.92. The van der Waals surface area contributed by atoms with Crippen LogP contribution in [0.3, 0.4) is 0 Å². The monoisotopic (exact) mass is 334 g/mol. The van der Waals surface area contributed by atoms with Crippen molar-refractivity contribution in [2.75, 3.05) is 18.2 Å². The van der Waals surface area contributed by atoms with E-state index in [4.69, 9.17) is 10.5 Å². The number of hydrogen-bond donors (Lipinski definition) is 2. The molecule has 0 aliphatic rings. The molecule has 0 radical (unpaired) electrons. The number of para-hydroxylation sites is 1. The number of rotatable bonds is 3. The van der Waals surface area contributed by atoms with E-state index in [0.717, 1.165) is 15.7 Å². The maximum Gasteiger partial charge on any atom is 0.259 e. The lowest BCUT2D eigenvalue weighted by Crippen LogP contribution is -2.14. The van der Waals surface area contributed by atoms with Crippen molar-refractivity contribution in [1.82, 2.24) is 0 Å². The maximum absolute atomic E-state index is 12.3. The summed E-state index contributed by atoms with van der Waals surface area (Å²) in [6.45, 7) is 1.93. The average Bonchev–Trinajstić information content (AvgIpc) is 2.41. The number of anilines is 2. The summed E-state index contributed by atoms with van der Waals surface area (Å²) in [6, 6.07) is 10.8. The third-order valence-electron chi connectivity index (χ3n) is 2.93. The minimum absolute atomic E-state index is 0.250. The van der Waals surface area contributed by atoms with Crippen LogP contribution in [0.1, 0.15) is 15.9 Å². The standard InChI is InChI=1S/C15H15BrN2O2/c1-9-8-10(16)6-7-13(9)18-15(19)11-4-3-5-12(17)14(11)20-2/h3-8H,17H2,1-2H3,(H,18,19). The number of halogens is 1. The van der Waals surface area contributed by atoms with E-state index in [2.05, 4.69) is 21.2 Å². The Morgan fingerprint density at radius 1 is 1.30 bits per heavy atom. The lowest BCUT2D eigenvalue weighted by molar-refractivity contribution is 0.102. The molecular formula is C15H15BrN2O2. The predicted octanol–water partition coefficient (Wildman–Crippen LogP) is 3.60. The quantitative estimate of drug-likeness (QED) is 0.843. The Kier molecular flexibility index (Phi) is 4.29. The van der Waals surface area contributed by atoms with Gasteiger partial charge in [-0.1, -0.05) is 22.0 Å². The van der Waals surface area contributed by atoms with E-state index in [0.29, 0.717) is 17.0 Å². The number of hydrogen-bond acceptors (Lipinski definition) is 3. The molecule has 5 heteroatoms. The number of nitrogens with one attached hydrogen (secondary N) is 1. The van der Waals surface area contributed by atoms with Crippen LogP contribution in [0, 0.1) is 6.92 Å². The van der Waals surface area contributed by atoms with Crippen molar-refractivity contribution < 1.29 is 9.53 Å². The molecule has 0 saturated carbocycles. The topological polar surface area (TPSA) is 64.3 Å². The second-order valence-corrected chi connectivity index (χ2v) is 5.26. The summed E-state index contributed by atoms with van der Waals surface area (Å²) in [4.78, 5) is 12.3. The first-order valence-corrected chi connectivity index (χ1v) is 6.82. The summed E-state index contributed by atoms with van der Waals surface area (Å²) < 4.78 is 6.16. The van der Waals surface area contributed by atoms with E-state index >= 15 is 0 Å². The van der Waals surface area contributed by atoms with Gasteiger partial charge in [0, 0.05) is 10.2 Å². The zero-order chi connectivity index (χ0) is 14.7. The van der Waals surface area contributed by atoms with Crippen LogP contribution >= 0.6 is 15.9 Å². The number of carbonyl (C=O) groups excluding carboxylic acids is 1. The summed E-state index contributed by atoms with van der Waals surface area (Å²) in [7, 11) is 1.49. The Bertz CT molecular complexity index is 656. The lowest BCUT2D eigenvalue weighted by Gasteiger charge is -2.12. The van der Waals surface area contributed by atoms with Crippen LogP contribution in [-0.4, -0.2) is 13.0 Å². The minimum atomic E-state index is -0.250. The SMILES string of the molecule is COc1c(N)cccc1C(=O)Nc1ccc(Br)cc1C. The fourth-order valence-corrected chi connectivity index (χ4v) is 2.39. The van der Waals surface area contributed by atoms with Gasteiger partial charge in [0.05, 0.1) is 18.4 Å². The number of ether oxygens (including phenoxy) is 1. The van der Waals surface area contributed by atoms with Crippen molar-refractivity contribution in [1.29, 1.82) is 0 Å². The Hall–Kier alpha value is -2.01. The number of aryl methyl sites for hydroxylation is 1. The number of carbonyl (C=O) groups is 1. The first-order chi connectivity index (χ1) is 9.52. The third kappa shape index (κ3) is 2.93. The number of methoxy groups -OCH3 is 1. The van der Waals surface area contributed by atoms with E-state index in [1.165, 1.54) is 7.11 Å². The molecule has 0 aromatic heterocycles. The second kappa shape index (κ2) is 5.96. The van der Waals surface area contributed by atoms with Crippen LogP contribution in [-0.2, 0) is 0 Å². The van der Waals surface area contributed by atoms with Gasteiger partial charge in [-0.05, 0) is 42.8 Å². The fraction of sp³-hybridized carbons (Fsp3) is 0.133. The number of nitrogens with two attached hydrogens (primary N) is 1. The van der Waals surface area contributed by atoms with Gasteiger partial charge in [0.2, 0.25) is 0 Å². The third-order valence-corrected chi connectivity index (χ3v) is 3.42. The smallest absolute Gasteiger partial charge is 0.259 e. The lowest BCUT2D eigenvalue weighted by atomic mass is 10.1. The zero-order valence-corrected chi connectivity index (χ0v) is 12.8. The van der Waals surface area contributed by atoms with Crippen molar-refractivity contribution in [2.45, 2.75) is 6.92 Å². The molecule has 104 valence electrons. The Labute approximate surface area is 126 Å². The summed E-state index contributed by atoms with van der Waals surface area (Å²) in [5, 5.41) is 2.86. The van der Waals surface area contributed by atoms with Crippen molar-refractivity contribution >= 4 is 33.2 Å². The van der Waals surface area contributed by atoms with Gasteiger partial charge in [-0.2, -0.15) is 0 Å². The molecule has 4 nitrogen and oxygen atoms in total. The summed E-state index contributed by atoms with van der Waals surface area (Å²) in [6.07, 6.45) is 0. The molecule has 0 heterocycles. The van der Waals surface area contributed by atoms with Crippen LogP contribution < -0.4 is 15.8 Å². The largest absolute Gasteiger partial charge is 0.494 e. The number of benzene rings is 2. The molecule has 0 spiro atoms. The average molecular weight is 335 g/mol. The van der Waals surface area contributed by atoms with Crippen LogP contribution in [0.4, 0.5) is 11.4 Å². The Balaban J connectivity index is 2.31. The van der Waals surface area contributed by atoms with Gasteiger partial charge in [-0.15, -0.1) is 0 Å². The van der Waals surface area contributed by atoms with Crippen LogP contribution in [0.15, 0.2) is 40.9 Å². The molecule has 0 fully saturated rings. The molecule has 2 rings (SSSR count). The Morgan fingerprint density at radius 3 is 2.70 bits per heavy atom. The van der Waals surface area contributed by atoms with Crippen molar-refractivity contribution in [2.24, 2.45) is 0 Å². The number of amides is 1. The Morgan fingerprint density at radius 2 is 2.05 bits per heavy atom. The second-order valence-electron chi connectivity index (χ2n) is 4.34.